The van der Waals surface area contributed by atoms with Crippen LogP contribution in [0.25, 0.3) is 0 Å². The van der Waals surface area contributed by atoms with E-state index in [-0.39, 0.29) is 0 Å². The van der Waals surface area contributed by atoms with Gasteiger partial charge in [-0.15, -0.1) is 0 Å². The zero-order chi connectivity index (χ0) is 17.4. The summed E-state index contributed by atoms with van der Waals surface area (Å²) in [7, 11) is 0. The van der Waals surface area contributed by atoms with E-state index in [0.29, 0.717) is 18.6 Å². The van der Waals surface area contributed by atoms with Gasteiger partial charge >= 0.3 is 0 Å². The SMILES string of the molecule is CCN1CCN(C(=O)CN2CCN(CCCOC(C)C)CC2)CC1. The van der Waals surface area contributed by atoms with Crippen LogP contribution in [0.3, 0.4) is 0 Å². The highest BCUT2D eigenvalue weighted by Gasteiger charge is 2.24. The number of hydrogen-bond donors (Lipinski definition) is 0. The Hall–Kier alpha value is -0.690. The molecule has 2 heterocycles. The fourth-order valence-electron chi connectivity index (χ4n) is 3.38. The molecule has 2 saturated heterocycles. The van der Waals surface area contributed by atoms with Crippen LogP contribution in [0.2, 0.25) is 0 Å². The van der Waals surface area contributed by atoms with Gasteiger partial charge in [-0.05, 0) is 26.8 Å². The molecule has 2 fully saturated rings. The van der Waals surface area contributed by atoms with Gasteiger partial charge in [-0.1, -0.05) is 6.92 Å². The van der Waals surface area contributed by atoms with Crippen molar-refractivity contribution in [1.82, 2.24) is 19.6 Å². The molecule has 0 aromatic carbocycles. The van der Waals surface area contributed by atoms with E-state index in [1.807, 2.05) is 4.90 Å². The first-order valence-electron chi connectivity index (χ1n) is 9.65. The summed E-state index contributed by atoms with van der Waals surface area (Å²) in [5.41, 5.74) is 0. The van der Waals surface area contributed by atoms with Crippen molar-refractivity contribution in [1.29, 1.82) is 0 Å². The number of ether oxygens (including phenoxy) is 1. The van der Waals surface area contributed by atoms with Crippen molar-refractivity contribution in [2.24, 2.45) is 0 Å². The summed E-state index contributed by atoms with van der Waals surface area (Å²) < 4.78 is 5.60. The molecule has 0 aromatic rings. The molecule has 0 aliphatic carbocycles. The normalized spacial score (nSPS) is 21.6. The van der Waals surface area contributed by atoms with E-state index in [1.54, 1.807) is 0 Å². The second kappa shape index (κ2) is 10.3. The van der Waals surface area contributed by atoms with Crippen molar-refractivity contribution >= 4 is 5.91 Å². The molecular weight excluding hydrogens is 304 g/mol. The Labute approximate surface area is 147 Å². The molecule has 2 aliphatic heterocycles. The molecular formula is C18H36N4O2. The average Bonchev–Trinajstić information content (AvgIpc) is 2.60. The van der Waals surface area contributed by atoms with Crippen LogP contribution >= 0.6 is 0 Å². The maximum atomic E-state index is 12.5. The van der Waals surface area contributed by atoms with Crippen molar-refractivity contribution in [2.45, 2.75) is 33.3 Å². The van der Waals surface area contributed by atoms with Gasteiger partial charge in [-0.2, -0.15) is 0 Å². The minimum atomic E-state index is 0.310. The Morgan fingerprint density at radius 2 is 1.50 bits per heavy atom. The lowest BCUT2D eigenvalue weighted by molar-refractivity contribution is -0.134. The Kier molecular flexibility index (Phi) is 8.45. The van der Waals surface area contributed by atoms with E-state index in [4.69, 9.17) is 4.74 Å². The lowest BCUT2D eigenvalue weighted by atomic mass is 10.2. The summed E-state index contributed by atoms with van der Waals surface area (Å²) in [6, 6.07) is 0. The zero-order valence-corrected chi connectivity index (χ0v) is 15.9. The number of amides is 1. The summed E-state index contributed by atoms with van der Waals surface area (Å²) in [5.74, 6) is 0.310. The summed E-state index contributed by atoms with van der Waals surface area (Å²) in [6.45, 7) is 18.0. The molecule has 2 aliphatic rings. The third-order valence-electron chi connectivity index (χ3n) is 5.07. The number of carbonyl (C=O) groups excluding carboxylic acids is 1. The van der Waals surface area contributed by atoms with E-state index in [2.05, 4.69) is 35.5 Å². The number of piperazine rings is 2. The minimum Gasteiger partial charge on any atom is -0.379 e. The topological polar surface area (TPSA) is 39.3 Å². The number of nitrogens with zero attached hydrogens (tertiary/aromatic N) is 4. The van der Waals surface area contributed by atoms with E-state index in [0.717, 1.165) is 78.5 Å². The third kappa shape index (κ3) is 6.67. The monoisotopic (exact) mass is 340 g/mol. The van der Waals surface area contributed by atoms with E-state index in [1.165, 1.54) is 0 Å². The van der Waals surface area contributed by atoms with Crippen LogP contribution in [-0.4, -0.2) is 110 Å². The minimum absolute atomic E-state index is 0.310. The lowest BCUT2D eigenvalue weighted by Crippen LogP contribution is -2.53. The Morgan fingerprint density at radius 3 is 2.08 bits per heavy atom. The lowest BCUT2D eigenvalue weighted by Gasteiger charge is -2.37. The summed E-state index contributed by atoms with van der Waals surface area (Å²) >= 11 is 0. The number of likely N-dealkylation sites (N-methyl/N-ethyl adjacent to an activating group) is 1. The second-order valence-corrected chi connectivity index (χ2v) is 7.21. The summed E-state index contributed by atoms with van der Waals surface area (Å²) in [4.78, 5) is 21.7. The van der Waals surface area contributed by atoms with Crippen LogP contribution in [-0.2, 0) is 9.53 Å². The van der Waals surface area contributed by atoms with Crippen molar-refractivity contribution in [3.63, 3.8) is 0 Å². The molecule has 24 heavy (non-hydrogen) atoms. The molecule has 0 saturated carbocycles. The van der Waals surface area contributed by atoms with Gasteiger partial charge < -0.3 is 19.4 Å². The van der Waals surface area contributed by atoms with E-state index >= 15 is 0 Å². The van der Waals surface area contributed by atoms with Gasteiger partial charge in [0.05, 0.1) is 12.6 Å². The Bertz CT molecular complexity index is 362. The largest absolute Gasteiger partial charge is 0.379 e. The van der Waals surface area contributed by atoms with Gasteiger partial charge in [-0.25, -0.2) is 0 Å². The molecule has 0 aromatic heterocycles. The highest BCUT2D eigenvalue weighted by molar-refractivity contribution is 5.78. The number of carbonyl (C=O) groups is 1. The molecule has 0 radical (unpaired) electrons. The van der Waals surface area contributed by atoms with E-state index < -0.39 is 0 Å². The van der Waals surface area contributed by atoms with Gasteiger partial charge in [-0.3, -0.25) is 9.69 Å². The first-order valence-corrected chi connectivity index (χ1v) is 9.65. The van der Waals surface area contributed by atoms with Gasteiger partial charge in [0.2, 0.25) is 5.91 Å². The van der Waals surface area contributed by atoms with Crippen molar-refractivity contribution in [3.8, 4) is 0 Å². The average molecular weight is 341 g/mol. The molecule has 6 nitrogen and oxygen atoms in total. The summed E-state index contributed by atoms with van der Waals surface area (Å²) in [5, 5.41) is 0. The quantitative estimate of drug-likeness (QED) is 0.605. The number of hydrogen-bond acceptors (Lipinski definition) is 5. The highest BCUT2D eigenvalue weighted by Crippen LogP contribution is 2.06. The van der Waals surface area contributed by atoms with Crippen molar-refractivity contribution in [3.05, 3.63) is 0 Å². The molecule has 6 heteroatoms. The van der Waals surface area contributed by atoms with Crippen LogP contribution in [0.15, 0.2) is 0 Å². The van der Waals surface area contributed by atoms with Gasteiger partial charge in [0.15, 0.2) is 0 Å². The molecule has 2 rings (SSSR count). The van der Waals surface area contributed by atoms with Crippen molar-refractivity contribution < 1.29 is 9.53 Å². The molecule has 1 amide bonds. The zero-order valence-electron chi connectivity index (χ0n) is 15.9. The summed E-state index contributed by atoms with van der Waals surface area (Å²) in [6.07, 6.45) is 1.42. The van der Waals surface area contributed by atoms with Gasteiger partial charge in [0, 0.05) is 65.5 Å². The van der Waals surface area contributed by atoms with Gasteiger partial charge in [0.1, 0.15) is 0 Å². The first-order chi connectivity index (χ1) is 11.6. The highest BCUT2D eigenvalue weighted by atomic mass is 16.5. The van der Waals surface area contributed by atoms with Crippen molar-refractivity contribution in [2.75, 3.05) is 78.6 Å². The van der Waals surface area contributed by atoms with Crippen LogP contribution in [0.1, 0.15) is 27.2 Å². The first kappa shape index (κ1) is 19.6. The predicted molar refractivity (Wildman–Crippen MR) is 97.3 cm³/mol. The predicted octanol–water partition coefficient (Wildman–Crippen LogP) is 0.583. The molecule has 0 unspecified atom stereocenters. The third-order valence-corrected chi connectivity index (χ3v) is 5.07. The fraction of sp³-hybridized carbons (Fsp3) is 0.944. The van der Waals surface area contributed by atoms with Gasteiger partial charge in [0.25, 0.3) is 0 Å². The fourth-order valence-corrected chi connectivity index (χ4v) is 3.38. The Balaban J connectivity index is 1.58. The molecule has 0 bridgehead atoms. The maximum Gasteiger partial charge on any atom is 0.236 e. The second-order valence-electron chi connectivity index (χ2n) is 7.21. The molecule has 140 valence electrons. The van der Waals surface area contributed by atoms with Crippen LogP contribution in [0.4, 0.5) is 0 Å². The Morgan fingerprint density at radius 1 is 0.917 bits per heavy atom. The number of rotatable bonds is 8. The molecule has 0 atom stereocenters. The maximum absolute atomic E-state index is 12.5. The molecule has 0 spiro atoms. The van der Waals surface area contributed by atoms with E-state index in [9.17, 15) is 4.79 Å². The van der Waals surface area contributed by atoms with Crippen LogP contribution in [0.5, 0.6) is 0 Å². The van der Waals surface area contributed by atoms with Crippen LogP contribution < -0.4 is 0 Å². The standard InChI is InChI=1S/C18H36N4O2/c1-4-19-11-13-22(14-12-19)18(23)16-21-9-7-20(8-10-21)6-5-15-24-17(2)3/h17H,4-16H2,1-3H3. The molecule has 0 N–H and O–H groups in total. The smallest absolute Gasteiger partial charge is 0.236 e. The van der Waals surface area contributed by atoms with Crippen LogP contribution in [0, 0.1) is 0 Å².